The van der Waals surface area contributed by atoms with Crippen molar-refractivity contribution in [3.8, 4) is 0 Å². The van der Waals surface area contributed by atoms with Gasteiger partial charge in [0.25, 0.3) is 0 Å². The Labute approximate surface area is 106 Å². The van der Waals surface area contributed by atoms with Crippen molar-refractivity contribution in [1.29, 1.82) is 0 Å². The average Bonchev–Trinajstić information content (AvgIpc) is 2.18. The van der Waals surface area contributed by atoms with E-state index in [4.69, 9.17) is 5.73 Å². The first-order valence-corrected chi connectivity index (χ1v) is 5.88. The maximum absolute atomic E-state index is 9.99. The Kier molecular flexibility index (Phi) is 11.8. The van der Waals surface area contributed by atoms with Crippen LogP contribution in [-0.4, -0.2) is 31.4 Å². The minimum atomic E-state index is -0.287. The SMILES string of the molecule is CC.CN(C)CC(N)=O.Cc1cccc(C)c1. The molecule has 0 aliphatic heterocycles. The van der Waals surface area contributed by atoms with E-state index in [1.807, 2.05) is 13.8 Å². The van der Waals surface area contributed by atoms with Gasteiger partial charge in [-0.2, -0.15) is 0 Å². The standard InChI is InChI=1S/C8H10.C4H10N2O.C2H6/c1-7-4-3-5-8(2)6-7;1-6(2)3-4(5)7;1-2/h3-6H,1-2H3;3H2,1-2H3,(H2,5,7);1-2H3. The van der Waals surface area contributed by atoms with Crippen molar-refractivity contribution in [2.24, 2.45) is 5.73 Å². The largest absolute Gasteiger partial charge is 0.369 e. The number of rotatable bonds is 2. The van der Waals surface area contributed by atoms with Crippen LogP contribution in [0, 0.1) is 13.8 Å². The van der Waals surface area contributed by atoms with Crippen molar-refractivity contribution < 1.29 is 4.79 Å². The summed E-state index contributed by atoms with van der Waals surface area (Å²) in [4.78, 5) is 11.7. The van der Waals surface area contributed by atoms with Crippen LogP contribution in [0.15, 0.2) is 24.3 Å². The fraction of sp³-hybridized carbons (Fsp3) is 0.500. The van der Waals surface area contributed by atoms with Gasteiger partial charge in [-0.3, -0.25) is 4.79 Å². The van der Waals surface area contributed by atoms with Gasteiger partial charge in [-0.15, -0.1) is 0 Å². The molecule has 0 aromatic heterocycles. The molecular formula is C14H26N2O. The van der Waals surface area contributed by atoms with Gasteiger partial charge in [0, 0.05) is 0 Å². The zero-order valence-corrected chi connectivity index (χ0v) is 11.9. The van der Waals surface area contributed by atoms with Crippen LogP contribution in [-0.2, 0) is 4.79 Å². The van der Waals surface area contributed by atoms with Gasteiger partial charge >= 0.3 is 0 Å². The van der Waals surface area contributed by atoms with Crippen molar-refractivity contribution in [1.82, 2.24) is 4.90 Å². The van der Waals surface area contributed by atoms with Crippen LogP contribution in [0.2, 0.25) is 0 Å². The van der Waals surface area contributed by atoms with Gasteiger partial charge in [-0.05, 0) is 27.9 Å². The van der Waals surface area contributed by atoms with Crippen molar-refractivity contribution in [2.45, 2.75) is 27.7 Å². The summed E-state index contributed by atoms with van der Waals surface area (Å²) in [7, 11) is 3.59. The zero-order chi connectivity index (χ0) is 13.8. The van der Waals surface area contributed by atoms with E-state index in [0.717, 1.165) is 0 Å². The van der Waals surface area contributed by atoms with Crippen molar-refractivity contribution in [2.75, 3.05) is 20.6 Å². The predicted octanol–water partition coefficient (Wildman–Crippen LogP) is 2.36. The molecule has 98 valence electrons. The topological polar surface area (TPSA) is 46.3 Å². The molecule has 0 saturated heterocycles. The maximum atomic E-state index is 9.99. The van der Waals surface area contributed by atoms with E-state index in [1.54, 1.807) is 19.0 Å². The Morgan fingerprint density at radius 1 is 1.18 bits per heavy atom. The maximum Gasteiger partial charge on any atom is 0.231 e. The molecule has 2 N–H and O–H groups in total. The number of carbonyl (C=O) groups is 1. The van der Waals surface area contributed by atoms with Crippen LogP contribution in [0.5, 0.6) is 0 Å². The zero-order valence-electron chi connectivity index (χ0n) is 11.9. The normalized spacial score (nSPS) is 8.65. The number of nitrogens with two attached hydrogens (primary N) is 1. The number of aryl methyl sites for hydroxylation is 2. The number of primary amides is 1. The minimum absolute atomic E-state index is 0.287. The highest BCUT2D eigenvalue weighted by molar-refractivity contribution is 5.75. The van der Waals surface area contributed by atoms with E-state index in [1.165, 1.54) is 11.1 Å². The molecule has 1 amide bonds. The fourth-order valence-corrected chi connectivity index (χ4v) is 1.12. The molecule has 0 aliphatic rings. The van der Waals surface area contributed by atoms with Gasteiger partial charge in [0.1, 0.15) is 0 Å². The van der Waals surface area contributed by atoms with E-state index in [2.05, 4.69) is 38.1 Å². The summed E-state index contributed by atoms with van der Waals surface area (Å²) in [5.41, 5.74) is 7.49. The number of nitrogens with zero attached hydrogens (tertiary/aromatic N) is 1. The van der Waals surface area contributed by atoms with Crippen molar-refractivity contribution in [3.05, 3.63) is 35.4 Å². The summed E-state index contributed by atoms with van der Waals surface area (Å²) < 4.78 is 0. The van der Waals surface area contributed by atoms with E-state index in [0.29, 0.717) is 6.54 Å². The van der Waals surface area contributed by atoms with Crippen LogP contribution in [0.3, 0.4) is 0 Å². The highest BCUT2D eigenvalue weighted by Gasteiger charge is 1.92. The molecule has 3 heteroatoms. The Balaban J connectivity index is 0. The second-order valence-electron chi connectivity index (χ2n) is 3.86. The molecule has 1 aromatic rings. The Morgan fingerprint density at radius 2 is 1.59 bits per heavy atom. The summed E-state index contributed by atoms with van der Waals surface area (Å²) in [6, 6.07) is 8.45. The predicted molar refractivity (Wildman–Crippen MR) is 75.0 cm³/mol. The van der Waals surface area contributed by atoms with Crippen LogP contribution in [0.25, 0.3) is 0 Å². The Morgan fingerprint density at radius 3 is 1.71 bits per heavy atom. The molecular weight excluding hydrogens is 212 g/mol. The third kappa shape index (κ3) is 14.7. The molecule has 0 saturated carbocycles. The highest BCUT2D eigenvalue weighted by Crippen LogP contribution is 2.00. The quantitative estimate of drug-likeness (QED) is 0.859. The second-order valence-corrected chi connectivity index (χ2v) is 3.86. The molecule has 0 spiro atoms. The molecule has 0 unspecified atom stereocenters. The number of amides is 1. The third-order valence-corrected chi connectivity index (χ3v) is 1.65. The Hall–Kier alpha value is -1.35. The average molecular weight is 238 g/mol. The lowest BCUT2D eigenvalue weighted by Crippen LogP contribution is -2.27. The minimum Gasteiger partial charge on any atom is -0.369 e. The number of likely N-dealkylation sites (N-methyl/N-ethyl adjacent to an activating group) is 1. The van der Waals surface area contributed by atoms with E-state index in [-0.39, 0.29) is 5.91 Å². The third-order valence-electron chi connectivity index (χ3n) is 1.65. The molecule has 0 bridgehead atoms. The summed E-state index contributed by atoms with van der Waals surface area (Å²) in [5, 5.41) is 0. The van der Waals surface area contributed by atoms with Gasteiger partial charge in [0.2, 0.25) is 5.91 Å². The molecule has 3 nitrogen and oxygen atoms in total. The second kappa shape index (κ2) is 11.1. The van der Waals surface area contributed by atoms with E-state index in [9.17, 15) is 4.79 Å². The summed E-state index contributed by atoms with van der Waals surface area (Å²) in [5.74, 6) is -0.287. The first-order chi connectivity index (χ1) is 7.91. The monoisotopic (exact) mass is 238 g/mol. The molecule has 0 heterocycles. The highest BCUT2D eigenvalue weighted by atomic mass is 16.1. The summed E-state index contributed by atoms with van der Waals surface area (Å²) >= 11 is 0. The molecule has 1 aromatic carbocycles. The van der Waals surface area contributed by atoms with Crippen LogP contribution >= 0.6 is 0 Å². The van der Waals surface area contributed by atoms with Crippen LogP contribution in [0.1, 0.15) is 25.0 Å². The number of hydrogen-bond acceptors (Lipinski definition) is 2. The Bertz CT molecular complexity index is 292. The first-order valence-electron chi connectivity index (χ1n) is 5.88. The number of carbonyl (C=O) groups excluding carboxylic acids is 1. The van der Waals surface area contributed by atoms with Crippen LogP contribution < -0.4 is 5.73 Å². The summed E-state index contributed by atoms with van der Waals surface area (Å²) in [6.07, 6.45) is 0. The van der Waals surface area contributed by atoms with Gasteiger partial charge in [0.15, 0.2) is 0 Å². The van der Waals surface area contributed by atoms with Gasteiger partial charge in [0.05, 0.1) is 6.54 Å². The molecule has 0 radical (unpaired) electrons. The van der Waals surface area contributed by atoms with Crippen molar-refractivity contribution in [3.63, 3.8) is 0 Å². The van der Waals surface area contributed by atoms with Gasteiger partial charge < -0.3 is 10.6 Å². The lowest BCUT2D eigenvalue weighted by Gasteiger charge is -2.02. The molecule has 1 rings (SSSR count). The molecule has 0 atom stereocenters. The van der Waals surface area contributed by atoms with Crippen molar-refractivity contribution >= 4 is 5.91 Å². The lowest BCUT2D eigenvalue weighted by atomic mass is 10.2. The summed E-state index contributed by atoms with van der Waals surface area (Å²) in [6.45, 7) is 8.54. The van der Waals surface area contributed by atoms with Crippen LogP contribution in [0.4, 0.5) is 0 Å². The number of hydrogen-bond donors (Lipinski definition) is 1. The number of benzene rings is 1. The smallest absolute Gasteiger partial charge is 0.231 e. The van der Waals surface area contributed by atoms with Gasteiger partial charge in [-0.25, -0.2) is 0 Å². The lowest BCUT2D eigenvalue weighted by molar-refractivity contribution is -0.118. The first kappa shape index (κ1) is 18.0. The fourth-order valence-electron chi connectivity index (χ4n) is 1.12. The molecule has 0 fully saturated rings. The molecule has 0 aliphatic carbocycles. The molecule has 17 heavy (non-hydrogen) atoms. The van der Waals surface area contributed by atoms with E-state index < -0.39 is 0 Å². The van der Waals surface area contributed by atoms with Gasteiger partial charge in [-0.1, -0.05) is 49.2 Å². The van der Waals surface area contributed by atoms with E-state index >= 15 is 0 Å².